The molecule has 0 amide bonds. The van der Waals surface area contributed by atoms with E-state index in [4.69, 9.17) is 30.0 Å². The van der Waals surface area contributed by atoms with E-state index in [-0.39, 0.29) is 12.7 Å². The molecule has 0 bridgehead atoms. The Balaban J connectivity index is -0.000000234. The van der Waals surface area contributed by atoms with Crippen molar-refractivity contribution in [1.82, 2.24) is 0 Å². The van der Waals surface area contributed by atoms with Crippen LogP contribution >= 0.6 is 0 Å². The molecular weight excluding hydrogens is 272 g/mol. The molecule has 0 heterocycles. The zero-order valence-electron chi connectivity index (χ0n) is 12.6. The van der Waals surface area contributed by atoms with Gasteiger partial charge in [-0.15, -0.1) is 0 Å². The Bertz CT molecular complexity index is 236. The van der Waals surface area contributed by atoms with Gasteiger partial charge in [0, 0.05) is 6.92 Å². The van der Waals surface area contributed by atoms with Gasteiger partial charge in [-0.25, -0.2) is 4.79 Å². The Morgan fingerprint density at radius 3 is 1.70 bits per heavy atom. The van der Waals surface area contributed by atoms with Gasteiger partial charge in [0.25, 0.3) is 5.97 Å². The third kappa shape index (κ3) is 30.1. The second-order valence-corrected chi connectivity index (χ2v) is 3.89. The number of rotatable bonds is 5. The molecule has 0 rings (SSSR count). The normalized spacial score (nSPS) is 13.6. The van der Waals surface area contributed by atoms with Crippen molar-refractivity contribution in [3.05, 3.63) is 0 Å². The number of hydrogen-bond donors (Lipinski definition) is 4. The van der Waals surface area contributed by atoms with E-state index in [1.807, 2.05) is 0 Å². The fourth-order valence-corrected chi connectivity index (χ4v) is 0.527. The summed E-state index contributed by atoms with van der Waals surface area (Å²) in [4.78, 5) is 19.0. The average molecular weight is 298 g/mol. The van der Waals surface area contributed by atoms with Gasteiger partial charge in [-0.3, -0.25) is 4.79 Å². The fraction of sp³-hybridized carbons (Fsp3) is 0.833. The Hall–Kier alpha value is -1.22. The quantitative estimate of drug-likeness (QED) is 0.494. The summed E-state index contributed by atoms with van der Waals surface area (Å²) in [6.45, 7) is 6.13. The molecule has 0 saturated carbocycles. The molecule has 0 aromatic rings. The smallest absolute Gasteiger partial charge is 0.334 e. The molecule has 20 heavy (non-hydrogen) atoms. The van der Waals surface area contributed by atoms with Crippen LogP contribution in [0, 0.1) is 0 Å². The minimum atomic E-state index is -0.995. The van der Waals surface area contributed by atoms with Crippen molar-refractivity contribution in [2.45, 2.75) is 46.0 Å². The van der Waals surface area contributed by atoms with Gasteiger partial charge >= 0.3 is 5.97 Å². The molecule has 0 aliphatic heterocycles. The molecule has 0 radical (unpaired) electrons. The lowest BCUT2D eigenvalue weighted by molar-refractivity contribution is -0.149. The number of aliphatic hydroxyl groups excluding tert-OH is 3. The first-order valence-electron chi connectivity index (χ1n) is 5.94. The van der Waals surface area contributed by atoms with Gasteiger partial charge < -0.3 is 29.9 Å². The van der Waals surface area contributed by atoms with Gasteiger partial charge in [0.05, 0.1) is 32.5 Å². The maximum atomic E-state index is 10.0. The van der Waals surface area contributed by atoms with Gasteiger partial charge in [0.15, 0.2) is 0 Å². The molecule has 0 spiro atoms. The Labute approximate surface area is 118 Å². The number of carbonyl (C=O) groups is 2. The molecule has 0 aromatic carbocycles. The molecule has 0 aliphatic rings. The first kappa shape index (κ1) is 23.8. The van der Waals surface area contributed by atoms with E-state index in [0.29, 0.717) is 6.61 Å². The van der Waals surface area contributed by atoms with Crippen LogP contribution in [0.5, 0.6) is 0 Å². The van der Waals surface area contributed by atoms with Crippen LogP contribution in [0.3, 0.4) is 0 Å². The minimum absolute atomic E-state index is 0.00667. The van der Waals surface area contributed by atoms with Crippen LogP contribution in [-0.2, 0) is 19.1 Å². The highest BCUT2D eigenvalue weighted by Crippen LogP contribution is 1.90. The highest BCUT2D eigenvalue weighted by atomic mass is 16.5. The van der Waals surface area contributed by atoms with Crippen LogP contribution in [-0.4, -0.2) is 71.0 Å². The summed E-state index contributed by atoms with van der Waals surface area (Å²) < 4.78 is 9.08. The summed E-state index contributed by atoms with van der Waals surface area (Å²) in [6, 6.07) is 0. The van der Waals surface area contributed by atoms with E-state index in [1.165, 1.54) is 14.0 Å². The van der Waals surface area contributed by atoms with Gasteiger partial charge in [0.2, 0.25) is 0 Å². The van der Waals surface area contributed by atoms with Crippen molar-refractivity contribution in [1.29, 1.82) is 0 Å². The third-order valence-electron chi connectivity index (χ3n) is 1.42. The number of ether oxygens (including phenoxy) is 2. The van der Waals surface area contributed by atoms with Crippen LogP contribution < -0.4 is 0 Å². The highest BCUT2D eigenvalue weighted by molar-refractivity contribution is 5.73. The van der Waals surface area contributed by atoms with Crippen LogP contribution in [0.4, 0.5) is 0 Å². The lowest BCUT2D eigenvalue weighted by Gasteiger charge is -2.10. The highest BCUT2D eigenvalue weighted by Gasteiger charge is 2.05. The van der Waals surface area contributed by atoms with E-state index in [2.05, 4.69) is 4.74 Å². The fourth-order valence-electron chi connectivity index (χ4n) is 0.527. The number of carboxylic acid groups (broad SMARTS) is 1. The van der Waals surface area contributed by atoms with E-state index < -0.39 is 24.1 Å². The third-order valence-corrected chi connectivity index (χ3v) is 1.42. The summed E-state index contributed by atoms with van der Waals surface area (Å²) in [5, 5.41) is 32.9. The lowest BCUT2D eigenvalue weighted by Crippen LogP contribution is -2.19. The van der Waals surface area contributed by atoms with Crippen molar-refractivity contribution in [2.75, 3.05) is 20.3 Å². The van der Waals surface area contributed by atoms with E-state index in [0.717, 1.165) is 6.92 Å². The molecule has 0 aromatic heterocycles. The summed E-state index contributed by atoms with van der Waals surface area (Å²) in [5.74, 6) is -1.43. The SMILES string of the molecule is CC(=O)O.CC(O)COC(C)CO.COC(=O)C(C)O. The monoisotopic (exact) mass is 298 g/mol. The molecule has 3 atom stereocenters. The van der Waals surface area contributed by atoms with Crippen LogP contribution in [0.15, 0.2) is 0 Å². The van der Waals surface area contributed by atoms with Crippen LogP contribution in [0.1, 0.15) is 27.7 Å². The minimum Gasteiger partial charge on any atom is -0.481 e. The number of methoxy groups -OCH3 is 1. The van der Waals surface area contributed by atoms with Crippen molar-refractivity contribution in [3.8, 4) is 0 Å². The van der Waals surface area contributed by atoms with Crippen molar-refractivity contribution < 1.29 is 39.5 Å². The van der Waals surface area contributed by atoms with Gasteiger partial charge in [-0.2, -0.15) is 0 Å². The predicted octanol–water partition coefficient (Wildman–Crippen LogP) is -0.604. The number of carbonyl (C=O) groups excluding carboxylic acids is 1. The van der Waals surface area contributed by atoms with Crippen molar-refractivity contribution >= 4 is 11.9 Å². The topological polar surface area (TPSA) is 134 Å². The summed E-state index contributed by atoms with van der Waals surface area (Å²) in [7, 11) is 1.23. The molecule has 4 N–H and O–H groups in total. The molecule has 8 nitrogen and oxygen atoms in total. The maximum Gasteiger partial charge on any atom is 0.334 e. The molecule has 0 fully saturated rings. The molecule has 0 saturated heterocycles. The Morgan fingerprint density at radius 2 is 1.55 bits per heavy atom. The standard InChI is InChI=1S/C6H14O3.C4H8O3.C2H4O2/c1-5(8)4-9-6(2)3-7;1-3(5)4(6)7-2;1-2(3)4/h5-8H,3-4H2,1-2H3;3,5H,1-2H3;1H3,(H,3,4). The van der Waals surface area contributed by atoms with E-state index in [9.17, 15) is 4.79 Å². The van der Waals surface area contributed by atoms with Crippen LogP contribution in [0.2, 0.25) is 0 Å². The van der Waals surface area contributed by atoms with Gasteiger partial charge in [-0.1, -0.05) is 0 Å². The van der Waals surface area contributed by atoms with Gasteiger partial charge in [0.1, 0.15) is 6.10 Å². The molecule has 122 valence electrons. The van der Waals surface area contributed by atoms with E-state index in [1.54, 1.807) is 13.8 Å². The first-order valence-corrected chi connectivity index (χ1v) is 5.94. The number of carboxylic acids is 1. The van der Waals surface area contributed by atoms with Crippen LogP contribution in [0.25, 0.3) is 0 Å². The number of hydrogen-bond acceptors (Lipinski definition) is 7. The number of aliphatic carboxylic acids is 1. The molecular formula is C12H26O8. The van der Waals surface area contributed by atoms with Crippen molar-refractivity contribution in [3.63, 3.8) is 0 Å². The van der Waals surface area contributed by atoms with E-state index >= 15 is 0 Å². The molecule has 8 heteroatoms. The van der Waals surface area contributed by atoms with Gasteiger partial charge in [-0.05, 0) is 20.8 Å². The second-order valence-electron chi connectivity index (χ2n) is 3.89. The average Bonchev–Trinajstić information content (AvgIpc) is 2.34. The zero-order chi connectivity index (χ0) is 16.7. The predicted molar refractivity (Wildman–Crippen MR) is 71.2 cm³/mol. The van der Waals surface area contributed by atoms with Crippen molar-refractivity contribution in [2.24, 2.45) is 0 Å². The number of aliphatic hydroxyl groups is 3. The number of esters is 1. The molecule has 3 unspecified atom stereocenters. The maximum absolute atomic E-state index is 10.0. The second kappa shape index (κ2) is 15.8. The summed E-state index contributed by atoms with van der Waals surface area (Å²) >= 11 is 0. The lowest BCUT2D eigenvalue weighted by atomic mass is 10.4. The largest absolute Gasteiger partial charge is 0.481 e. The summed E-state index contributed by atoms with van der Waals surface area (Å²) in [5.41, 5.74) is 0. The molecule has 0 aliphatic carbocycles. The zero-order valence-corrected chi connectivity index (χ0v) is 12.6. The Kier molecular flexibility index (Phi) is 18.9. The first-order chi connectivity index (χ1) is 9.08. The summed E-state index contributed by atoms with van der Waals surface area (Å²) in [6.07, 6.45) is -1.61. The Morgan fingerprint density at radius 1 is 1.15 bits per heavy atom.